The Hall–Kier alpha value is -3.16. The van der Waals surface area contributed by atoms with Gasteiger partial charge in [0.05, 0.1) is 17.7 Å². The summed E-state index contributed by atoms with van der Waals surface area (Å²) >= 11 is 0. The quantitative estimate of drug-likeness (QED) is 0.555. The van der Waals surface area contributed by atoms with Crippen LogP contribution in [-0.2, 0) is 11.4 Å². The summed E-state index contributed by atoms with van der Waals surface area (Å²) in [7, 11) is 0. The largest absolute Gasteiger partial charge is 0.478 e. The molecule has 0 fully saturated rings. The first kappa shape index (κ1) is 19.2. The van der Waals surface area contributed by atoms with Crippen molar-refractivity contribution < 1.29 is 23.4 Å². The fourth-order valence-corrected chi connectivity index (χ4v) is 2.30. The van der Waals surface area contributed by atoms with E-state index >= 15 is 0 Å². The number of hydrogen-bond acceptors (Lipinski definition) is 4. The standard InChI is InChI=1S/C18H19F2N3O3/c1-2-15(9-13(7-8-21)18(24)25)23-17(10-16(20)22-23)26-11-12-3-5-14(19)6-4-12/h3-10,15H,2,11,21H2,1H3,(H,24,25)/b8-7-,13-9+. The van der Waals surface area contributed by atoms with Crippen LogP contribution < -0.4 is 10.5 Å². The van der Waals surface area contributed by atoms with Crippen LogP contribution in [0, 0.1) is 11.8 Å². The second-order valence-corrected chi connectivity index (χ2v) is 5.43. The normalized spacial score (nSPS) is 13.1. The van der Waals surface area contributed by atoms with E-state index in [1.807, 2.05) is 0 Å². The van der Waals surface area contributed by atoms with Crippen LogP contribution in [0.4, 0.5) is 8.78 Å². The lowest BCUT2D eigenvalue weighted by Gasteiger charge is -2.16. The molecule has 1 unspecified atom stereocenters. The number of nitrogens with two attached hydrogens (primary N) is 1. The molecule has 0 aliphatic heterocycles. The number of hydrogen-bond donors (Lipinski definition) is 2. The predicted molar refractivity (Wildman–Crippen MR) is 91.3 cm³/mol. The number of carboxylic acids is 1. The molecule has 0 amide bonds. The van der Waals surface area contributed by atoms with Crippen molar-refractivity contribution in [3.05, 3.63) is 71.6 Å². The van der Waals surface area contributed by atoms with E-state index in [4.69, 9.17) is 10.5 Å². The van der Waals surface area contributed by atoms with Crippen molar-refractivity contribution in [1.82, 2.24) is 9.78 Å². The zero-order valence-corrected chi connectivity index (χ0v) is 14.1. The third-order valence-electron chi connectivity index (χ3n) is 3.60. The van der Waals surface area contributed by atoms with Gasteiger partial charge in [0.25, 0.3) is 0 Å². The van der Waals surface area contributed by atoms with E-state index in [0.717, 1.165) is 12.3 Å². The van der Waals surface area contributed by atoms with Crippen molar-refractivity contribution >= 4 is 5.97 Å². The lowest BCUT2D eigenvalue weighted by atomic mass is 10.1. The number of nitrogens with zero attached hydrogens (tertiary/aromatic N) is 2. The second-order valence-electron chi connectivity index (χ2n) is 5.43. The topological polar surface area (TPSA) is 90.4 Å². The maximum atomic E-state index is 13.7. The highest BCUT2D eigenvalue weighted by atomic mass is 19.1. The van der Waals surface area contributed by atoms with Gasteiger partial charge in [-0.2, -0.15) is 4.39 Å². The highest BCUT2D eigenvalue weighted by Gasteiger charge is 2.18. The molecule has 1 heterocycles. The summed E-state index contributed by atoms with van der Waals surface area (Å²) in [5.41, 5.74) is 5.91. The van der Waals surface area contributed by atoms with Gasteiger partial charge in [-0.15, -0.1) is 5.10 Å². The molecule has 0 bridgehead atoms. The Kier molecular flexibility index (Phi) is 6.48. The van der Waals surface area contributed by atoms with Gasteiger partial charge >= 0.3 is 5.97 Å². The van der Waals surface area contributed by atoms with Crippen molar-refractivity contribution in [2.45, 2.75) is 26.0 Å². The van der Waals surface area contributed by atoms with Crippen molar-refractivity contribution in [2.24, 2.45) is 5.73 Å². The van der Waals surface area contributed by atoms with Gasteiger partial charge in [-0.3, -0.25) is 0 Å². The summed E-state index contributed by atoms with van der Waals surface area (Å²) in [5, 5.41) is 13.0. The Morgan fingerprint density at radius 3 is 2.65 bits per heavy atom. The maximum absolute atomic E-state index is 13.7. The van der Waals surface area contributed by atoms with Crippen LogP contribution in [0.15, 0.2) is 54.3 Å². The van der Waals surface area contributed by atoms with E-state index in [-0.39, 0.29) is 23.9 Å². The number of rotatable bonds is 8. The van der Waals surface area contributed by atoms with Crippen LogP contribution in [0.5, 0.6) is 5.88 Å². The Bertz CT molecular complexity index is 814. The monoisotopic (exact) mass is 363 g/mol. The molecule has 1 aromatic carbocycles. The summed E-state index contributed by atoms with van der Waals surface area (Å²) in [5.74, 6) is -2.14. The molecule has 0 spiro atoms. The van der Waals surface area contributed by atoms with E-state index in [2.05, 4.69) is 5.10 Å². The summed E-state index contributed by atoms with van der Waals surface area (Å²) < 4.78 is 33.5. The molecule has 0 radical (unpaired) electrons. The molecule has 1 aromatic heterocycles. The molecule has 0 aliphatic rings. The molecule has 0 saturated heterocycles. The minimum absolute atomic E-state index is 0.0419. The summed E-state index contributed by atoms with van der Waals surface area (Å²) in [6, 6.07) is 6.26. The third-order valence-corrected chi connectivity index (χ3v) is 3.60. The first-order chi connectivity index (χ1) is 12.4. The van der Waals surface area contributed by atoms with E-state index in [9.17, 15) is 18.7 Å². The number of allylic oxidation sites excluding steroid dienone is 1. The van der Waals surface area contributed by atoms with Gasteiger partial charge in [-0.25, -0.2) is 13.9 Å². The highest BCUT2D eigenvalue weighted by Crippen LogP contribution is 2.24. The number of benzene rings is 1. The van der Waals surface area contributed by atoms with Gasteiger partial charge < -0.3 is 15.6 Å². The SMILES string of the molecule is CCC(/C=C(\C=C/N)C(=O)O)n1nc(F)cc1OCc1ccc(F)cc1. The Morgan fingerprint density at radius 1 is 1.38 bits per heavy atom. The van der Waals surface area contributed by atoms with Crippen LogP contribution in [0.3, 0.4) is 0 Å². The molecular weight excluding hydrogens is 344 g/mol. The number of halogens is 2. The number of aromatic nitrogens is 2. The van der Waals surface area contributed by atoms with Crippen molar-refractivity contribution in [3.63, 3.8) is 0 Å². The van der Waals surface area contributed by atoms with Gasteiger partial charge in [-0.1, -0.05) is 19.1 Å². The predicted octanol–water partition coefficient (Wildman–Crippen LogP) is 3.17. The molecule has 0 saturated carbocycles. The Balaban J connectivity index is 2.26. The smallest absolute Gasteiger partial charge is 0.335 e. The van der Waals surface area contributed by atoms with Gasteiger partial charge in [-0.05, 0) is 42.5 Å². The van der Waals surface area contributed by atoms with E-state index in [1.165, 1.54) is 29.0 Å². The molecule has 2 rings (SSSR count). The van der Waals surface area contributed by atoms with Gasteiger partial charge in [0.1, 0.15) is 12.4 Å². The molecule has 2 aromatic rings. The van der Waals surface area contributed by atoms with Crippen molar-refractivity contribution in [3.8, 4) is 5.88 Å². The van der Waals surface area contributed by atoms with Crippen LogP contribution in [0.1, 0.15) is 24.9 Å². The summed E-state index contributed by atoms with van der Waals surface area (Å²) in [6.07, 6.45) is 4.22. The first-order valence-electron chi connectivity index (χ1n) is 7.90. The molecule has 3 N–H and O–H groups in total. The van der Waals surface area contributed by atoms with Crippen LogP contribution in [0.2, 0.25) is 0 Å². The zero-order valence-electron chi connectivity index (χ0n) is 14.1. The van der Waals surface area contributed by atoms with Crippen LogP contribution in [0.25, 0.3) is 0 Å². The van der Waals surface area contributed by atoms with E-state index in [0.29, 0.717) is 12.0 Å². The zero-order chi connectivity index (χ0) is 19.1. The molecule has 1 atom stereocenters. The average molecular weight is 363 g/mol. The number of carboxylic acid groups (broad SMARTS) is 1. The molecule has 8 heteroatoms. The van der Waals surface area contributed by atoms with Crippen molar-refractivity contribution in [1.29, 1.82) is 0 Å². The van der Waals surface area contributed by atoms with Gasteiger partial charge in [0.15, 0.2) is 0 Å². The number of carbonyl (C=O) groups is 1. The van der Waals surface area contributed by atoms with E-state index < -0.39 is 18.0 Å². The Labute approximate surface area is 149 Å². The average Bonchev–Trinajstić information content (AvgIpc) is 2.98. The third kappa shape index (κ3) is 4.92. The summed E-state index contributed by atoms with van der Waals surface area (Å²) in [6.45, 7) is 1.89. The lowest BCUT2D eigenvalue weighted by molar-refractivity contribution is -0.132. The van der Waals surface area contributed by atoms with Gasteiger partial charge in [0.2, 0.25) is 11.8 Å². The van der Waals surface area contributed by atoms with Gasteiger partial charge in [0, 0.05) is 0 Å². The molecule has 26 heavy (non-hydrogen) atoms. The number of aliphatic carboxylic acids is 1. The van der Waals surface area contributed by atoms with E-state index in [1.54, 1.807) is 19.1 Å². The molecule has 6 nitrogen and oxygen atoms in total. The van der Waals surface area contributed by atoms with Crippen LogP contribution in [-0.4, -0.2) is 20.9 Å². The lowest BCUT2D eigenvalue weighted by Crippen LogP contribution is -2.12. The molecule has 138 valence electrons. The number of ether oxygens (including phenoxy) is 1. The van der Waals surface area contributed by atoms with Crippen LogP contribution >= 0.6 is 0 Å². The molecule has 0 aliphatic carbocycles. The fraction of sp³-hybridized carbons (Fsp3) is 0.222. The summed E-state index contributed by atoms with van der Waals surface area (Å²) in [4.78, 5) is 11.3. The Morgan fingerprint density at radius 2 is 2.08 bits per heavy atom. The molecular formula is C18H19F2N3O3. The minimum atomic E-state index is -1.16. The fourth-order valence-electron chi connectivity index (χ4n) is 2.30. The second kappa shape index (κ2) is 8.80. The first-order valence-corrected chi connectivity index (χ1v) is 7.90. The maximum Gasteiger partial charge on any atom is 0.335 e. The van der Waals surface area contributed by atoms with Crippen molar-refractivity contribution in [2.75, 3.05) is 0 Å². The highest BCUT2D eigenvalue weighted by molar-refractivity contribution is 5.89. The minimum Gasteiger partial charge on any atom is -0.478 e.